The van der Waals surface area contributed by atoms with Gasteiger partial charge in [0.2, 0.25) is 0 Å². The summed E-state index contributed by atoms with van der Waals surface area (Å²) in [5.41, 5.74) is 1.34. The van der Waals surface area contributed by atoms with Crippen LogP contribution in [0.25, 0.3) is 0 Å². The Kier molecular flexibility index (Phi) is 9.69. The van der Waals surface area contributed by atoms with Crippen molar-refractivity contribution in [2.24, 2.45) is 17.7 Å². The second-order valence-corrected chi connectivity index (χ2v) is 10.7. The Labute approximate surface area is 191 Å². The molecule has 1 aromatic carbocycles. The quantitative estimate of drug-likeness (QED) is 0.200. The molecule has 174 valence electrons. The number of hydrazine groups is 1. The van der Waals surface area contributed by atoms with E-state index in [9.17, 15) is 9.59 Å². The van der Waals surface area contributed by atoms with Gasteiger partial charge in [-0.2, -0.15) is 11.8 Å². The average molecular weight is 450 g/mol. The van der Waals surface area contributed by atoms with Crippen LogP contribution in [0.1, 0.15) is 58.4 Å². The summed E-state index contributed by atoms with van der Waals surface area (Å²) in [4.78, 5) is 27.9. The van der Waals surface area contributed by atoms with Crippen molar-refractivity contribution < 1.29 is 14.3 Å². The number of anilines is 1. The molecule has 2 N–H and O–H groups in total. The summed E-state index contributed by atoms with van der Waals surface area (Å²) in [6.45, 7) is 5.69. The molecule has 0 saturated heterocycles. The van der Waals surface area contributed by atoms with Crippen LogP contribution in [0.5, 0.6) is 0 Å². The van der Waals surface area contributed by atoms with Crippen LogP contribution < -0.4 is 10.7 Å². The van der Waals surface area contributed by atoms with Crippen LogP contribution >= 0.6 is 11.8 Å². The molecule has 6 nitrogen and oxygen atoms in total. The van der Waals surface area contributed by atoms with Gasteiger partial charge in [0, 0.05) is 25.5 Å². The topological polar surface area (TPSA) is 75.9 Å². The number of nitrogens with two attached hydrogens (primary N) is 1. The molecule has 1 amide bonds. The molecule has 0 aliphatic heterocycles. The number of carbonyl (C=O) groups excluding carboxylic acids is 2. The highest BCUT2D eigenvalue weighted by Crippen LogP contribution is 2.28. The van der Waals surface area contributed by atoms with E-state index in [2.05, 4.69) is 0 Å². The first-order chi connectivity index (χ1) is 14.6. The molecule has 2 rings (SSSR count). The van der Waals surface area contributed by atoms with Crippen molar-refractivity contribution in [3.05, 3.63) is 29.8 Å². The lowest BCUT2D eigenvalue weighted by Crippen LogP contribution is -2.46. The van der Waals surface area contributed by atoms with Crippen molar-refractivity contribution in [3.8, 4) is 0 Å². The van der Waals surface area contributed by atoms with Crippen molar-refractivity contribution in [2.75, 3.05) is 30.5 Å². The fraction of sp³-hybridized carbons (Fsp3) is 0.667. The predicted molar refractivity (Wildman–Crippen MR) is 129 cm³/mol. The fourth-order valence-electron chi connectivity index (χ4n) is 3.69. The molecule has 0 radical (unpaired) electrons. The van der Waals surface area contributed by atoms with Crippen LogP contribution in [-0.4, -0.2) is 48.1 Å². The minimum absolute atomic E-state index is 0.249. The van der Waals surface area contributed by atoms with Crippen LogP contribution in [0, 0.1) is 11.8 Å². The summed E-state index contributed by atoms with van der Waals surface area (Å²) in [6.07, 6.45) is 6.36. The van der Waals surface area contributed by atoms with Gasteiger partial charge in [-0.3, -0.25) is 14.6 Å². The van der Waals surface area contributed by atoms with E-state index in [4.69, 9.17) is 10.6 Å². The van der Waals surface area contributed by atoms with Crippen LogP contribution in [0.3, 0.4) is 0 Å². The normalized spacial score (nSPS) is 15.9. The Bertz CT molecular complexity index is 710. The number of esters is 1. The summed E-state index contributed by atoms with van der Waals surface area (Å²) in [5, 5.41) is 1.15. The lowest BCUT2D eigenvalue weighted by atomic mass is 9.91. The van der Waals surface area contributed by atoms with Crippen molar-refractivity contribution in [3.63, 3.8) is 0 Å². The molecule has 1 fully saturated rings. The number of benzene rings is 1. The van der Waals surface area contributed by atoms with Gasteiger partial charge in [0.15, 0.2) is 0 Å². The van der Waals surface area contributed by atoms with Crippen LogP contribution in [0.2, 0.25) is 0 Å². The summed E-state index contributed by atoms with van der Waals surface area (Å²) < 4.78 is 5.55. The minimum Gasteiger partial charge on any atom is -0.459 e. The van der Waals surface area contributed by atoms with E-state index in [1.807, 2.05) is 64.0 Å². The SMILES string of the molecule is CN(C)c1ccc(CN(N)C(=O)[C@@H](CSCC2CCCCC2)C(=O)OC(C)(C)C)cc1. The largest absolute Gasteiger partial charge is 0.459 e. The van der Waals surface area contributed by atoms with Gasteiger partial charge >= 0.3 is 5.97 Å². The van der Waals surface area contributed by atoms with Gasteiger partial charge in [-0.1, -0.05) is 31.4 Å². The molecule has 31 heavy (non-hydrogen) atoms. The maximum absolute atomic E-state index is 13.1. The molecular weight excluding hydrogens is 410 g/mol. The standard InChI is InChI=1S/C24H39N3O3S/c1-24(2,3)30-23(29)21(17-31-16-19-9-7-6-8-10-19)22(28)27(25)15-18-11-13-20(14-12-18)26(4)5/h11-14,19,21H,6-10,15-17,25H2,1-5H3/t21-/m1/s1. The summed E-state index contributed by atoms with van der Waals surface area (Å²) >= 11 is 1.67. The molecule has 0 spiro atoms. The number of hydrogen-bond donors (Lipinski definition) is 1. The van der Waals surface area contributed by atoms with Gasteiger partial charge in [-0.15, -0.1) is 0 Å². The Morgan fingerprint density at radius 3 is 2.29 bits per heavy atom. The number of rotatable bonds is 9. The molecule has 0 heterocycles. The molecule has 0 unspecified atom stereocenters. The number of carbonyl (C=O) groups is 2. The van der Waals surface area contributed by atoms with E-state index in [0.717, 1.165) is 22.0 Å². The van der Waals surface area contributed by atoms with Crippen LogP contribution in [-0.2, 0) is 20.9 Å². The maximum Gasteiger partial charge on any atom is 0.319 e. The summed E-state index contributed by atoms with van der Waals surface area (Å²) in [5.74, 6) is 6.40. The van der Waals surface area contributed by atoms with E-state index in [-0.39, 0.29) is 12.5 Å². The minimum atomic E-state index is -0.890. The lowest BCUT2D eigenvalue weighted by Gasteiger charge is -2.27. The number of nitrogens with zero attached hydrogens (tertiary/aromatic N) is 2. The Morgan fingerprint density at radius 2 is 1.74 bits per heavy atom. The summed E-state index contributed by atoms with van der Waals surface area (Å²) in [7, 11) is 3.95. The van der Waals surface area contributed by atoms with Crippen LogP contribution in [0.4, 0.5) is 5.69 Å². The zero-order valence-corrected chi connectivity index (χ0v) is 20.5. The van der Waals surface area contributed by atoms with Crippen LogP contribution in [0.15, 0.2) is 24.3 Å². The molecule has 1 aliphatic rings. The third-order valence-electron chi connectivity index (χ3n) is 5.44. The number of hydrogen-bond acceptors (Lipinski definition) is 6. The van der Waals surface area contributed by atoms with Gasteiger partial charge in [0.25, 0.3) is 5.91 Å². The smallest absolute Gasteiger partial charge is 0.319 e. The van der Waals surface area contributed by atoms with Crippen molar-refractivity contribution in [2.45, 2.75) is 65.0 Å². The number of thioether (sulfide) groups is 1. The maximum atomic E-state index is 13.1. The third kappa shape index (κ3) is 8.73. The van der Waals surface area contributed by atoms with E-state index in [1.165, 1.54) is 32.1 Å². The molecule has 0 aromatic heterocycles. The van der Waals surface area contributed by atoms with E-state index >= 15 is 0 Å². The predicted octanol–water partition coefficient (Wildman–Crippen LogP) is 4.23. The van der Waals surface area contributed by atoms with Gasteiger partial charge in [0.05, 0.1) is 6.54 Å². The van der Waals surface area contributed by atoms with Gasteiger partial charge < -0.3 is 9.64 Å². The summed E-state index contributed by atoms with van der Waals surface area (Å²) in [6, 6.07) is 7.86. The highest BCUT2D eigenvalue weighted by molar-refractivity contribution is 7.99. The average Bonchev–Trinajstić information content (AvgIpc) is 2.70. The van der Waals surface area contributed by atoms with E-state index in [0.29, 0.717) is 11.7 Å². The van der Waals surface area contributed by atoms with Crippen molar-refractivity contribution >= 4 is 29.3 Å². The first-order valence-electron chi connectivity index (χ1n) is 11.2. The third-order valence-corrected chi connectivity index (χ3v) is 6.72. The molecule has 1 aliphatic carbocycles. The van der Waals surface area contributed by atoms with Gasteiger partial charge in [-0.05, 0) is 63.0 Å². The lowest BCUT2D eigenvalue weighted by molar-refractivity contribution is -0.164. The first kappa shape index (κ1) is 25.5. The highest BCUT2D eigenvalue weighted by atomic mass is 32.2. The second-order valence-electron chi connectivity index (χ2n) is 9.65. The molecule has 0 bridgehead atoms. The molecule has 1 saturated carbocycles. The highest BCUT2D eigenvalue weighted by Gasteiger charge is 2.34. The number of amides is 1. The molecular formula is C24H39N3O3S. The van der Waals surface area contributed by atoms with Gasteiger partial charge in [-0.25, -0.2) is 5.84 Å². The zero-order chi connectivity index (χ0) is 23.0. The van der Waals surface area contributed by atoms with Gasteiger partial charge in [0.1, 0.15) is 11.5 Å². The Hall–Kier alpha value is -1.73. The Morgan fingerprint density at radius 1 is 1.13 bits per heavy atom. The first-order valence-corrected chi connectivity index (χ1v) is 12.3. The molecule has 1 atom stereocenters. The monoisotopic (exact) mass is 449 g/mol. The fourth-order valence-corrected chi connectivity index (χ4v) is 5.01. The number of ether oxygens (including phenoxy) is 1. The zero-order valence-electron chi connectivity index (χ0n) is 19.7. The van der Waals surface area contributed by atoms with E-state index in [1.54, 1.807) is 11.8 Å². The second kappa shape index (κ2) is 11.8. The van der Waals surface area contributed by atoms with Crippen molar-refractivity contribution in [1.82, 2.24) is 5.01 Å². The van der Waals surface area contributed by atoms with Crippen molar-refractivity contribution in [1.29, 1.82) is 0 Å². The molecule has 7 heteroatoms. The molecule has 1 aromatic rings. The van der Waals surface area contributed by atoms with E-state index < -0.39 is 17.5 Å². The Balaban J connectivity index is 2.01.